The number of benzene rings is 3. The molecule has 1 N–H and O–H groups in total. The minimum atomic E-state index is -4.12. The van der Waals surface area contributed by atoms with Crippen molar-refractivity contribution in [1.29, 1.82) is 0 Å². The highest BCUT2D eigenvalue weighted by molar-refractivity contribution is 7.93. The Hall–Kier alpha value is -2.92. The van der Waals surface area contributed by atoms with Crippen LogP contribution in [0.15, 0.2) is 82.6 Å². The number of piperidine rings is 1. The van der Waals surface area contributed by atoms with E-state index >= 15 is 0 Å². The Bertz CT molecular complexity index is 1470. The van der Waals surface area contributed by atoms with Crippen LogP contribution in [0.1, 0.15) is 24.8 Å². The zero-order valence-corrected chi connectivity index (χ0v) is 22.7. The van der Waals surface area contributed by atoms with Crippen molar-refractivity contribution in [2.45, 2.75) is 36.0 Å². The van der Waals surface area contributed by atoms with Crippen molar-refractivity contribution in [1.82, 2.24) is 4.31 Å². The number of nitrogens with zero attached hydrogens (tertiary/aromatic N) is 2. The first-order valence-corrected chi connectivity index (χ1v) is 15.1. The Kier molecular flexibility index (Phi) is 8.23. The number of aryl methyl sites for hydroxylation is 1. The molecule has 1 fully saturated rings. The molecule has 3 aromatic carbocycles. The highest BCUT2D eigenvalue weighted by atomic mass is 35.5. The minimum absolute atomic E-state index is 0.0260. The summed E-state index contributed by atoms with van der Waals surface area (Å²) < 4.78 is 55.2. The van der Waals surface area contributed by atoms with Crippen LogP contribution in [0.4, 0.5) is 11.4 Å². The molecule has 4 rings (SSSR count). The summed E-state index contributed by atoms with van der Waals surface area (Å²) in [6.45, 7) is 2.30. The molecule has 1 aliphatic rings. The molecule has 0 aromatic heterocycles. The van der Waals surface area contributed by atoms with E-state index in [4.69, 9.17) is 11.6 Å². The molecule has 0 unspecified atom stereocenters. The van der Waals surface area contributed by atoms with Gasteiger partial charge in [0.2, 0.25) is 15.9 Å². The third-order valence-corrected chi connectivity index (χ3v) is 10.1. The van der Waals surface area contributed by atoms with E-state index in [0.717, 1.165) is 29.1 Å². The van der Waals surface area contributed by atoms with E-state index in [1.807, 2.05) is 6.92 Å². The van der Waals surface area contributed by atoms with Crippen molar-refractivity contribution in [3.05, 3.63) is 83.4 Å². The molecule has 196 valence electrons. The first kappa shape index (κ1) is 27.1. The van der Waals surface area contributed by atoms with Crippen LogP contribution in [0.5, 0.6) is 0 Å². The van der Waals surface area contributed by atoms with Gasteiger partial charge in [0.05, 0.1) is 20.5 Å². The molecule has 1 saturated heterocycles. The maximum Gasteiger partial charge on any atom is 0.264 e. The number of rotatable bonds is 8. The fourth-order valence-corrected chi connectivity index (χ4v) is 7.33. The van der Waals surface area contributed by atoms with Crippen molar-refractivity contribution >= 4 is 48.9 Å². The number of amides is 1. The van der Waals surface area contributed by atoms with Gasteiger partial charge in [-0.1, -0.05) is 47.9 Å². The van der Waals surface area contributed by atoms with E-state index in [9.17, 15) is 21.6 Å². The number of anilines is 2. The normalized spacial score (nSPS) is 14.8. The van der Waals surface area contributed by atoms with Crippen molar-refractivity contribution in [2.24, 2.45) is 0 Å². The summed E-state index contributed by atoms with van der Waals surface area (Å²) in [5.74, 6) is -0.609. The first-order chi connectivity index (χ1) is 17.6. The Morgan fingerprint density at radius 2 is 1.46 bits per heavy atom. The molecule has 1 amide bonds. The maximum atomic E-state index is 13.5. The lowest BCUT2D eigenvalue weighted by Gasteiger charge is -2.26. The summed E-state index contributed by atoms with van der Waals surface area (Å²) in [5.41, 5.74) is 1.41. The lowest BCUT2D eigenvalue weighted by atomic mass is 10.2. The fraction of sp³-hybridized carbons (Fsp3) is 0.269. The smallest absolute Gasteiger partial charge is 0.264 e. The number of carbonyl (C=O) groups is 1. The summed E-state index contributed by atoms with van der Waals surface area (Å²) in [6.07, 6.45) is 2.68. The highest BCUT2D eigenvalue weighted by Gasteiger charge is 2.29. The van der Waals surface area contributed by atoms with Gasteiger partial charge in [-0.05, 0) is 68.3 Å². The van der Waals surface area contributed by atoms with Gasteiger partial charge in [-0.3, -0.25) is 9.10 Å². The molecule has 1 heterocycles. The molecule has 37 heavy (non-hydrogen) atoms. The topological polar surface area (TPSA) is 104 Å². The van der Waals surface area contributed by atoms with Crippen LogP contribution in [-0.4, -0.2) is 46.7 Å². The summed E-state index contributed by atoms with van der Waals surface area (Å²) in [5, 5.41) is 2.83. The van der Waals surface area contributed by atoms with Crippen LogP contribution in [0.25, 0.3) is 0 Å². The third-order valence-electron chi connectivity index (χ3n) is 6.11. The molecule has 3 aromatic rings. The fourth-order valence-electron chi connectivity index (χ4n) is 4.09. The molecule has 0 bridgehead atoms. The van der Waals surface area contributed by atoms with Gasteiger partial charge in [0.15, 0.2) is 0 Å². The van der Waals surface area contributed by atoms with Crippen molar-refractivity contribution in [3.8, 4) is 0 Å². The molecule has 0 atom stereocenters. The quantitative estimate of drug-likeness (QED) is 0.431. The van der Waals surface area contributed by atoms with Gasteiger partial charge < -0.3 is 5.32 Å². The number of hydrogen-bond acceptors (Lipinski definition) is 5. The summed E-state index contributed by atoms with van der Waals surface area (Å²) >= 11 is 6.31. The van der Waals surface area contributed by atoms with Crippen molar-refractivity contribution in [2.75, 3.05) is 29.3 Å². The van der Waals surface area contributed by atoms with E-state index in [2.05, 4.69) is 5.32 Å². The van der Waals surface area contributed by atoms with E-state index in [-0.39, 0.29) is 20.5 Å². The van der Waals surface area contributed by atoms with Crippen molar-refractivity contribution in [3.63, 3.8) is 0 Å². The Morgan fingerprint density at radius 1 is 0.865 bits per heavy atom. The Balaban J connectivity index is 1.55. The molecule has 0 spiro atoms. The number of halogens is 1. The number of nitrogens with one attached hydrogen (secondary N) is 1. The molecular weight excluding hydrogens is 534 g/mol. The maximum absolute atomic E-state index is 13.5. The second-order valence-corrected chi connectivity index (χ2v) is 13.0. The Morgan fingerprint density at radius 3 is 2.08 bits per heavy atom. The first-order valence-electron chi connectivity index (χ1n) is 11.8. The largest absolute Gasteiger partial charge is 0.325 e. The predicted molar refractivity (Wildman–Crippen MR) is 145 cm³/mol. The van der Waals surface area contributed by atoms with Gasteiger partial charge in [0, 0.05) is 18.8 Å². The molecule has 0 saturated carbocycles. The number of para-hydroxylation sites is 1. The van der Waals surface area contributed by atoms with Gasteiger partial charge >= 0.3 is 0 Å². The van der Waals surface area contributed by atoms with Crippen LogP contribution in [0.2, 0.25) is 5.02 Å². The lowest BCUT2D eigenvalue weighted by Crippen LogP contribution is -2.38. The monoisotopic (exact) mass is 561 g/mol. The second-order valence-electron chi connectivity index (χ2n) is 8.81. The van der Waals surface area contributed by atoms with E-state index < -0.39 is 32.5 Å². The van der Waals surface area contributed by atoms with E-state index in [1.54, 1.807) is 30.3 Å². The minimum Gasteiger partial charge on any atom is -0.325 e. The van der Waals surface area contributed by atoms with Gasteiger partial charge in [-0.15, -0.1) is 0 Å². The molecule has 0 radical (unpaired) electrons. The Labute approximate surface area is 223 Å². The predicted octanol–water partition coefficient (Wildman–Crippen LogP) is 4.66. The standard InChI is InChI=1S/C26H28ClN3O5S2/c1-20-9-13-23(14-10-20)37(34,35)30(25-8-4-3-7-24(25)27)19-26(31)28-21-11-15-22(16-12-21)36(32,33)29-17-5-2-6-18-29/h3-4,7-16H,2,5-6,17-19H2,1H3,(H,28,31). The zero-order chi connectivity index (χ0) is 26.6. The van der Waals surface area contributed by atoms with Gasteiger partial charge in [0.25, 0.3) is 10.0 Å². The third kappa shape index (κ3) is 6.15. The molecule has 1 aliphatic heterocycles. The van der Waals surface area contributed by atoms with E-state index in [1.165, 1.54) is 46.8 Å². The van der Waals surface area contributed by atoms with Gasteiger partial charge in [-0.2, -0.15) is 4.31 Å². The van der Waals surface area contributed by atoms with Crippen LogP contribution in [0, 0.1) is 6.92 Å². The van der Waals surface area contributed by atoms with Crippen LogP contribution >= 0.6 is 11.6 Å². The molecule has 11 heteroatoms. The molecule has 0 aliphatic carbocycles. The summed E-state index contributed by atoms with van der Waals surface area (Å²) in [4.78, 5) is 13.2. The van der Waals surface area contributed by atoms with Gasteiger partial charge in [-0.25, -0.2) is 16.8 Å². The average molecular weight is 562 g/mol. The van der Waals surface area contributed by atoms with E-state index in [0.29, 0.717) is 18.8 Å². The van der Waals surface area contributed by atoms with Crippen LogP contribution in [0.3, 0.4) is 0 Å². The zero-order valence-electron chi connectivity index (χ0n) is 20.3. The molecular formula is C26H28ClN3O5S2. The van der Waals surface area contributed by atoms with Crippen LogP contribution < -0.4 is 9.62 Å². The lowest BCUT2D eigenvalue weighted by molar-refractivity contribution is -0.114. The summed E-state index contributed by atoms with van der Waals surface area (Å²) in [7, 11) is -7.72. The number of sulfonamides is 2. The number of carbonyl (C=O) groups excluding carboxylic acids is 1. The summed E-state index contributed by atoms with van der Waals surface area (Å²) in [6, 6.07) is 18.6. The molecule has 8 nitrogen and oxygen atoms in total. The average Bonchev–Trinajstić information content (AvgIpc) is 2.89. The second kappa shape index (κ2) is 11.2. The van der Waals surface area contributed by atoms with Crippen molar-refractivity contribution < 1.29 is 21.6 Å². The highest BCUT2D eigenvalue weighted by Crippen LogP contribution is 2.30. The van der Waals surface area contributed by atoms with Gasteiger partial charge in [0.1, 0.15) is 6.54 Å². The number of hydrogen-bond donors (Lipinski definition) is 1. The van der Waals surface area contributed by atoms with Crippen LogP contribution in [-0.2, 0) is 24.8 Å². The SMILES string of the molecule is Cc1ccc(S(=O)(=O)N(CC(=O)Nc2ccc(S(=O)(=O)N3CCCCC3)cc2)c2ccccc2Cl)cc1.